The first-order chi connectivity index (χ1) is 10.4. The van der Waals surface area contributed by atoms with Crippen LogP contribution in [0.2, 0.25) is 0 Å². The average Bonchev–Trinajstić information content (AvgIpc) is 2.87. The van der Waals surface area contributed by atoms with Crippen molar-refractivity contribution in [1.29, 1.82) is 0 Å². The van der Waals surface area contributed by atoms with E-state index in [0.29, 0.717) is 19.4 Å². The van der Waals surface area contributed by atoms with E-state index in [0.717, 1.165) is 0 Å². The monoisotopic (exact) mass is 316 g/mol. The maximum absolute atomic E-state index is 12.2. The van der Waals surface area contributed by atoms with Crippen LogP contribution >= 0.6 is 0 Å². The topological polar surface area (TPSA) is 159 Å². The first kappa shape index (κ1) is 18.3. The van der Waals surface area contributed by atoms with E-state index in [1.165, 1.54) is 4.90 Å². The molecule has 0 saturated carbocycles. The molecule has 1 aliphatic rings. The zero-order valence-corrected chi connectivity index (χ0v) is 12.4. The van der Waals surface area contributed by atoms with Crippen molar-refractivity contribution in [1.82, 2.24) is 10.2 Å². The van der Waals surface area contributed by atoms with Gasteiger partial charge in [0.05, 0.1) is 12.6 Å². The summed E-state index contributed by atoms with van der Waals surface area (Å²) in [6, 6.07) is -1.92. The minimum Gasteiger partial charge on any atom is -0.480 e. The summed E-state index contributed by atoms with van der Waals surface area (Å²) < 4.78 is 0. The molecule has 3 atom stereocenters. The number of hydrogen-bond acceptors (Lipinski definition) is 6. The van der Waals surface area contributed by atoms with E-state index in [1.54, 1.807) is 0 Å². The molecule has 1 aliphatic heterocycles. The molecule has 0 spiro atoms. The van der Waals surface area contributed by atoms with E-state index in [9.17, 15) is 19.5 Å². The summed E-state index contributed by atoms with van der Waals surface area (Å²) >= 11 is 0. The summed E-state index contributed by atoms with van der Waals surface area (Å²) in [6.45, 7) is 0.211. The molecule has 0 unspecified atom stereocenters. The number of likely N-dealkylation sites (tertiary alicyclic amines) is 1. The predicted molar refractivity (Wildman–Crippen MR) is 77.7 cm³/mol. The van der Waals surface area contributed by atoms with Crippen LogP contribution in [0.4, 0.5) is 0 Å². The molecule has 0 bridgehead atoms. The Morgan fingerprint density at radius 2 is 1.95 bits per heavy atom. The van der Waals surface area contributed by atoms with E-state index >= 15 is 0 Å². The summed E-state index contributed by atoms with van der Waals surface area (Å²) in [6.07, 6.45) is 0.767. The van der Waals surface area contributed by atoms with E-state index < -0.39 is 36.0 Å². The number of carbonyl (C=O) groups excluding carboxylic acids is 2. The zero-order valence-electron chi connectivity index (χ0n) is 12.4. The Bertz CT molecular complexity index is 417. The van der Waals surface area contributed by atoms with Crippen LogP contribution in [0.1, 0.15) is 25.7 Å². The molecular weight excluding hydrogens is 292 g/mol. The van der Waals surface area contributed by atoms with Crippen molar-refractivity contribution in [3.8, 4) is 0 Å². The number of hydrogen-bond donors (Lipinski definition) is 5. The molecule has 9 heteroatoms. The van der Waals surface area contributed by atoms with Crippen LogP contribution in [-0.4, -0.2) is 70.7 Å². The molecule has 0 aromatic heterocycles. The first-order valence-corrected chi connectivity index (χ1v) is 7.31. The fourth-order valence-electron chi connectivity index (χ4n) is 2.47. The highest BCUT2D eigenvalue weighted by molar-refractivity contribution is 5.91. The molecular formula is C13H24N4O5. The summed E-state index contributed by atoms with van der Waals surface area (Å²) in [5.41, 5.74) is 10.6. The third kappa shape index (κ3) is 4.93. The highest BCUT2D eigenvalue weighted by atomic mass is 16.4. The van der Waals surface area contributed by atoms with Gasteiger partial charge in [0.15, 0.2) is 0 Å². The predicted octanol–water partition coefficient (Wildman–Crippen LogP) is -2.39. The van der Waals surface area contributed by atoms with Crippen molar-refractivity contribution in [2.75, 3.05) is 19.6 Å². The van der Waals surface area contributed by atoms with Gasteiger partial charge in [0, 0.05) is 13.0 Å². The molecule has 126 valence electrons. The minimum atomic E-state index is -1.14. The molecule has 1 fully saturated rings. The van der Waals surface area contributed by atoms with Gasteiger partial charge in [-0.05, 0) is 25.8 Å². The molecule has 0 aromatic carbocycles. The van der Waals surface area contributed by atoms with Crippen molar-refractivity contribution in [2.45, 2.75) is 43.9 Å². The number of carboxylic acids is 1. The maximum atomic E-state index is 12.2. The van der Waals surface area contributed by atoms with Crippen molar-refractivity contribution in [2.24, 2.45) is 11.5 Å². The number of nitrogens with two attached hydrogens (primary N) is 2. The average molecular weight is 316 g/mol. The number of nitrogens with one attached hydrogen (secondary N) is 1. The number of aliphatic hydroxyl groups is 1. The van der Waals surface area contributed by atoms with E-state index in [4.69, 9.17) is 16.6 Å². The molecule has 0 aromatic rings. The third-order valence-corrected chi connectivity index (χ3v) is 3.64. The van der Waals surface area contributed by atoms with Gasteiger partial charge in [0.25, 0.3) is 0 Å². The van der Waals surface area contributed by atoms with Gasteiger partial charge in [0.2, 0.25) is 11.8 Å². The molecule has 1 heterocycles. The molecule has 0 aliphatic carbocycles. The summed E-state index contributed by atoms with van der Waals surface area (Å²) in [4.78, 5) is 36.3. The number of β-amino-alcohol motifs (C(OH)–C–C–N with tert-alkyl or cyclic N) is 1. The lowest BCUT2D eigenvalue weighted by molar-refractivity contribution is -0.143. The molecule has 7 N–H and O–H groups in total. The molecule has 0 radical (unpaired) electrons. The Labute approximate surface area is 128 Å². The van der Waals surface area contributed by atoms with E-state index in [1.807, 2.05) is 0 Å². The number of carbonyl (C=O) groups is 3. The normalized spacial score (nSPS) is 22.4. The number of unbranched alkanes of at least 4 members (excludes halogenated alkanes) is 1. The molecule has 1 rings (SSSR count). The number of carboxylic acid groups (broad SMARTS) is 1. The smallest absolute Gasteiger partial charge is 0.326 e. The Balaban J connectivity index is 2.67. The molecule has 9 nitrogen and oxygen atoms in total. The largest absolute Gasteiger partial charge is 0.480 e. The van der Waals surface area contributed by atoms with E-state index in [-0.39, 0.29) is 25.9 Å². The van der Waals surface area contributed by atoms with Crippen molar-refractivity contribution >= 4 is 17.8 Å². The van der Waals surface area contributed by atoms with Crippen LogP contribution in [0.25, 0.3) is 0 Å². The fourth-order valence-corrected chi connectivity index (χ4v) is 2.47. The van der Waals surface area contributed by atoms with Crippen LogP contribution in [0.15, 0.2) is 0 Å². The highest BCUT2D eigenvalue weighted by Gasteiger charge is 2.39. The number of nitrogens with zero attached hydrogens (tertiary/aromatic N) is 1. The lowest BCUT2D eigenvalue weighted by Crippen LogP contribution is -2.51. The van der Waals surface area contributed by atoms with Crippen molar-refractivity contribution < 1.29 is 24.6 Å². The number of amides is 2. The van der Waals surface area contributed by atoms with Gasteiger partial charge in [-0.2, -0.15) is 0 Å². The fraction of sp³-hybridized carbons (Fsp3) is 0.769. The van der Waals surface area contributed by atoms with Gasteiger partial charge in [-0.3, -0.25) is 9.59 Å². The second-order valence-corrected chi connectivity index (χ2v) is 5.34. The number of aliphatic hydroxyl groups excluding tert-OH is 1. The zero-order chi connectivity index (χ0) is 16.7. The van der Waals surface area contributed by atoms with Gasteiger partial charge in [-0.25, -0.2) is 4.79 Å². The number of aliphatic carboxylic acids is 1. The van der Waals surface area contributed by atoms with Gasteiger partial charge in [0.1, 0.15) is 12.1 Å². The van der Waals surface area contributed by atoms with Crippen LogP contribution < -0.4 is 16.8 Å². The first-order valence-electron chi connectivity index (χ1n) is 7.31. The van der Waals surface area contributed by atoms with E-state index in [2.05, 4.69) is 5.32 Å². The van der Waals surface area contributed by atoms with Crippen LogP contribution in [0.5, 0.6) is 0 Å². The second-order valence-electron chi connectivity index (χ2n) is 5.34. The Morgan fingerprint density at radius 1 is 1.27 bits per heavy atom. The molecule has 22 heavy (non-hydrogen) atoms. The Kier molecular flexibility index (Phi) is 7.22. The SMILES string of the molecule is NCCCC[C@H](NC(=O)[C@@H]1C[C@@H](O)CN1C(=O)CN)C(=O)O. The highest BCUT2D eigenvalue weighted by Crippen LogP contribution is 2.18. The Morgan fingerprint density at radius 3 is 2.50 bits per heavy atom. The lowest BCUT2D eigenvalue weighted by atomic mass is 10.1. The van der Waals surface area contributed by atoms with Crippen LogP contribution in [-0.2, 0) is 14.4 Å². The lowest BCUT2D eigenvalue weighted by Gasteiger charge is -2.24. The second kappa shape index (κ2) is 8.66. The summed E-state index contributed by atoms with van der Waals surface area (Å²) in [5, 5.41) is 21.2. The summed E-state index contributed by atoms with van der Waals surface area (Å²) in [5.74, 6) is -2.18. The third-order valence-electron chi connectivity index (χ3n) is 3.64. The van der Waals surface area contributed by atoms with Gasteiger partial charge < -0.3 is 31.9 Å². The molecule has 2 amide bonds. The molecule has 1 saturated heterocycles. The maximum Gasteiger partial charge on any atom is 0.326 e. The van der Waals surface area contributed by atoms with Crippen LogP contribution in [0, 0.1) is 0 Å². The van der Waals surface area contributed by atoms with Gasteiger partial charge in [-0.15, -0.1) is 0 Å². The standard InChI is InChI=1S/C13H24N4O5/c14-4-2-1-3-9(13(21)22)16-12(20)10-5-8(18)7-17(10)11(19)6-15/h8-10,18H,1-7,14-15H2,(H,16,20)(H,21,22)/t8-,9+,10+/m1/s1. The summed E-state index contributed by atoms with van der Waals surface area (Å²) in [7, 11) is 0. The van der Waals surface area contributed by atoms with Crippen molar-refractivity contribution in [3.05, 3.63) is 0 Å². The number of rotatable bonds is 8. The quantitative estimate of drug-likeness (QED) is 0.312. The minimum absolute atomic E-state index is 0.0268. The van der Waals surface area contributed by atoms with Crippen molar-refractivity contribution in [3.63, 3.8) is 0 Å². The van der Waals surface area contributed by atoms with Crippen LogP contribution in [0.3, 0.4) is 0 Å². The van der Waals surface area contributed by atoms with Gasteiger partial charge in [-0.1, -0.05) is 0 Å². The Hall–Kier alpha value is -1.71. The van der Waals surface area contributed by atoms with Gasteiger partial charge >= 0.3 is 5.97 Å².